The topological polar surface area (TPSA) is 58.2 Å². The molecule has 4 nitrogen and oxygen atoms in total. The molecule has 0 aromatic heterocycles. The molecule has 2 atom stereocenters. The van der Waals surface area contributed by atoms with Crippen LogP contribution in [0.2, 0.25) is 0 Å². The lowest BCUT2D eigenvalue weighted by Crippen LogP contribution is -2.42. The van der Waals surface area contributed by atoms with Crippen LogP contribution < -0.4 is 10.0 Å². The quantitative estimate of drug-likeness (QED) is 0.881. The second-order valence-electron chi connectivity index (χ2n) is 5.03. The van der Waals surface area contributed by atoms with Crippen LogP contribution in [0.4, 0.5) is 4.39 Å². The van der Waals surface area contributed by atoms with Crippen LogP contribution in [-0.2, 0) is 10.0 Å². The molecule has 0 amide bonds. The first-order valence-electron chi connectivity index (χ1n) is 6.46. The monoisotopic (exact) mass is 286 g/mol. The fourth-order valence-corrected chi connectivity index (χ4v) is 3.39. The van der Waals surface area contributed by atoms with Gasteiger partial charge < -0.3 is 5.32 Å². The third-order valence-corrected chi connectivity index (χ3v) is 4.91. The maximum Gasteiger partial charge on any atom is 0.243 e. The lowest BCUT2D eigenvalue weighted by molar-refractivity contribution is 0.323. The Morgan fingerprint density at radius 2 is 2.11 bits per heavy atom. The highest BCUT2D eigenvalue weighted by molar-refractivity contribution is 7.89. The minimum absolute atomic E-state index is 0.262. The van der Waals surface area contributed by atoms with Crippen LogP contribution in [-0.4, -0.2) is 27.5 Å². The number of rotatable bonds is 4. The molecule has 0 saturated carbocycles. The number of benzene rings is 1. The highest BCUT2D eigenvalue weighted by Gasteiger charge is 2.22. The molecule has 1 fully saturated rings. The Balaban J connectivity index is 1.97. The van der Waals surface area contributed by atoms with Crippen molar-refractivity contribution in [3.05, 3.63) is 30.1 Å². The Morgan fingerprint density at radius 3 is 2.74 bits per heavy atom. The number of sulfonamides is 1. The molecule has 1 heterocycles. The first-order valence-corrected chi connectivity index (χ1v) is 7.95. The summed E-state index contributed by atoms with van der Waals surface area (Å²) in [5, 5.41) is 3.31. The average Bonchev–Trinajstić information content (AvgIpc) is 2.38. The van der Waals surface area contributed by atoms with E-state index < -0.39 is 15.8 Å². The first-order chi connectivity index (χ1) is 8.99. The van der Waals surface area contributed by atoms with Gasteiger partial charge in [-0.3, -0.25) is 0 Å². The molecular weight excluding hydrogens is 267 g/mol. The predicted molar refractivity (Wildman–Crippen MR) is 71.8 cm³/mol. The molecular formula is C13H19FN2O2S. The van der Waals surface area contributed by atoms with Crippen molar-refractivity contribution in [2.45, 2.75) is 30.7 Å². The molecule has 0 spiro atoms. The van der Waals surface area contributed by atoms with Crippen LogP contribution in [0.15, 0.2) is 29.2 Å². The molecule has 1 aromatic carbocycles. The van der Waals surface area contributed by atoms with Crippen molar-refractivity contribution in [3.63, 3.8) is 0 Å². The Bertz CT molecular complexity index is 525. The second-order valence-corrected chi connectivity index (χ2v) is 6.77. The van der Waals surface area contributed by atoms with Crippen LogP contribution in [0.5, 0.6) is 0 Å². The zero-order valence-electron chi connectivity index (χ0n) is 10.9. The van der Waals surface area contributed by atoms with Gasteiger partial charge in [0.25, 0.3) is 0 Å². The summed E-state index contributed by atoms with van der Waals surface area (Å²) in [5.41, 5.74) is 0. The van der Waals surface area contributed by atoms with E-state index in [1.54, 1.807) is 0 Å². The minimum Gasteiger partial charge on any atom is -0.314 e. The Kier molecular flexibility index (Phi) is 4.54. The molecule has 1 aliphatic heterocycles. The van der Waals surface area contributed by atoms with Gasteiger partial charge in [0.2, 0.25) is 10.0 Å². The van der Waals surface area contributed by atoms with E-state index in [1.807, 2.05) is 0 Å². The fraction of sp³-hybridized carbons (Fsp3) is 0.538. The van der Waals surface area contributed by atoms with Gasteiger partial charge in [0.05, 0.1) is 0 Å². The summed E-state index contributed by atoms with van der Waals surface area (Å²) in [5.74, 6) is -0.455. The molecule has 0 radical (unpaired) electrons. The van der Waals surface area contributed by atoms with Crippen LogP contribution in [0.25, 0.3) is 0 Å². The van der Waals surface area contributed by atoms with Crippen LogP contribution >= 0.6 is 0 Å². The Labute approximate surface area is 113 Å². The second kappa shape index (κ2) is 5.98. The third-order valence-electron chi connectivity index (χ3n) is 3.45. The molecule has 6 heteroatoms. The van der Waals surface area contributed by atoms with Gasteiger partial charge in [-0.1, -0.05) is 12.1 Å². The summed E-state index contributed by atoms with van der Waals surface area (Å²) in [6.45, 7) is 3.25. The molecule has 19 heavy (non-hydrogen) atoms. The Hall–Kier alpha value is -0.980. The van der Waals surface area contributed by atoms with Gasteiger partial charge >= 0.3 is 0 Å². The van der Waals surface area contributed by atoms with Crippen molar-refractivity contribution >= 4 is 10.0 Å². The highest BCUT2D eigenvalue weighted by atomic mass is 32.2. The SMILES string of the molecule is CC1CCC(CNS(=O)(=O)c2ccccc2F)CN1. The smallest absolute Gasteiger partial charge is 0.243 e. The van der Waals surface area contributed by atoms with Crippen molar-refractivity contribution in [2.24, 2.45) is 5.92 Å². The number of nitrogens with one attached hydrogen (secondary N) is 2. The van der Waals surface area contributed by atoms with E-state index in [1.165, 1.54) is 18.2 Å². The maximum atomic E-state index is 13.5. The van der Waals surface area contributed by atoms with Crippen molar-refractivity contribution in [1.82, 2.24) is 10.0 Å². The van der Waals surface area contributed by atoms with E-state index in [-0.39, 0.29) is 10.8 Å². The van der Waals surface area contributed by atoms with Gasteiger partial charge in [-0.05, 0) is 44.4 Å². The third kappa shape index (κ3) is 3.75. The van der Waals surface area contributed by atoms with E-state index in [4.69, 9.17) is 0 Å². The number of piperidine rings is 1. The van der Waals surface area contributed by atoms with Gasteiger partial charge in [-0.25, -0.2) is 17.5 Å². The normalized spacial score (nSPS) is 24.3. The van der Waals surface area contributed by atoms with E-state index in [9.17, 15) is 12.8 Å². The molecule has 1 aliphatic rings. The van der Waals surface area contributed by atoms with E-state index in [2.05, 4.69) is 17.0 Å². The van der Waals surface area contributed by atoms with Crippen molar-refractivity contribution in [3.8, 4) is 0 Å². The molecule has 1 saturated heterocycles. The zero-order valence-corrected chi connectivity index (χ0v) is 11.7. The van der Waals surface area contributed by atoms with E-state index >= 15 is 0 Å². The lowest BCUT2D eigenvalue weighted by Gasteiger charge is -2.27. The van der Waals surface area contributed by atoms with Gasteiger partial charge in [0.1, 0.15) is 10.7 Å². The van der Waals surface area contributed by atoms with Gasteiger partial charge in [0, 0.05) is 12.6 Å². The summed E-state index contributed by atoms with van der Waals surface area (Å²) in [6, 6.07) is 5.90. The number of hydrogen-bond acceptors (Lipinski definition) is 3. The van der Waals surface area contributed by atoms with Crippen molar-refractivity contribution < 1.29 is 12.8 Å². The molecule has 2 rings (SSSR count). The van der Waals surface area contributed by atoms with Gasteiger partial charge in [0.15, 0.2) is 0 Å². The predicted octanol–water partition coefficient (Wildman–Crippen LogP) is 1.49. The van der Waals surface area contributed by atoms with Crippen LogP contribution in [0, 0.1) is 11.7 Å². The van der Waals surface area contributed by atoms with Crippen LogP contribution in [0.1, 0.15) is 19.8 Å². The lowest BCUT2D eigenvalue weighted by atomic mass is 9.96. The Morgan fingerprint density at radius 1 is 1.37 bits per heavy atom. The number of halogens is 1. The number of hydrogen-bond donors (Lipinski definition) is 2. The molecule has 2 N–H and O–H groups in total. The van der Waals surface area contributed by atoms with Gasteiger partial charge in [-0.15, -0.1) is 0 Å². The minimum atomic E-state index is -3.76. The summed E-state index contributed by atoms with van der Waals surface area (Å²) in [6.07, 6.45) is 2.01. The fourth-order valence-electron chi connectivity index (χ4n) is 2.20. The van der Waals surface area contributed by atoms with Gasteiger partial charge in [-0.2, -0.15) is 0 Å². The molecule has 1 aromatic rings. The zero-order chi connectivity index (χ0) is 13.9. The molecule has 0 bridgehead atoms. The summed E-state index contributed by atoms with van der Waals surface area (Å²) >= 11 is 0. The standard InChI is InChI=1S/C13H19FN2O2S/c1-10-6-7-11(8-15-10)9-16-19(17,18)13-5-3-2-4-12(13)14/h2-5,10-11,15-16H,6-9H2,1H3. The van der Waals surface area contributed by atoms with E-state index in [0.717, 1.165) is 25.5 Å². The van der Waals surface area contributed by atoms with E-state index in [0.29, 0.717) is 12.6 Å². The van der Waals surface area contributed by atoms with Crippen LogP contribution in [0.3, 0.4) is 0 Å². The van der Waals surface area contributed by atoms with Crippen molar-refractivity contribution in [1.29, 1.82) is 0 Å². The summed E-state index contributed by atoms with van der Waals surface area (Å²) in [4.78, 5) is -0.285. The first kappa shape index (κ1) is 14.4. The highest BCUT2D eigenvalue weighted by Crippen LogP contribution is 2.16. The van der Waals surface area contributed by atoms with Crippen molar-refractivity contribution in [2.75, 3.05) is 13.1 Å². The molecule has 2 unspecified atom stereocenters. The molecule has 0 aliphatic carbocycles. The largest absolute Gasteiger partial charge is 0.314 e. The summed E-state index contributed by atoms with van der Waals surface area (Å²) in [7, 11) is -3.76. The molecule has 106 valence electrons. The maximum absolute atomic E-state index is 13.5. The average molecular weight is 286 g/mol. The summed E-state index contributed by atoms with van der Waals surface area (Å²) < 4.78 is 39.9.